The molecule has 100 valence electrons. The molecule has 1 amide bonds. The van der Waals surface area contributed by atoms with Crippen molar-refractivity contribution in [1.29, 1.82) is 0 Å². The zero-order valence-electron chi connectivity index (χ0n) is 9.31. The minimum atomic E-state index is -4.61. The summed E-state index contributed by atoms with van der Waals surface area (Å²) in [6, 6.07) is 1.24. The molecule has 0 saturated carbocycles. The van der Waals surface area contributed by atoms with Crippen LogP contribution < -0.4 is 5.32 Å². The lowest BCUT2D eigenvalue weighted by Crippen LogP contribution is -2.31. The van der Waals surface area contributed by atoms with E-state index in [2.05, 4.69) is 0 Å². The van der Waals surface area contributed by atoms with Gasteiger partial charge in [0, 0.05) is 12.5 Å². The molecular formula is C11H10F5NO. The van der Waals surface area contributed by atoms with Crippen molar-refractivity contribution in [3.05, 3.63) is 35.4 Å². The molecule has 0 saturated heterocycles. The highest BCUT2D eigenvalue weighted by molar-refractivity contribution is 5.73. The summed E-state index contributed by atoms with van der Waals surface area (Å²) in [5.74, 6) is -3.40. The second-order valence-electron chi connectivity index (χ2n) is 3.72. The third kappa shape index (κ3) is 3.97. The number of nitrogens with one attached hydrogen (secondary N) is 1. The zero-order chi connectivity index (χ0) is 13.9. The SMILES string of the molecule is CC(=O)NC(CC(F)(F)F)c1cccc(F)c1F. The molecule has 0 heterocycles. The largest absolute Gasteiger partial charge is 0.391 e. The van der Waals surface area contributed by atoms with Crippen LogP contribution in [0, 0.1) is 11.6 Å². The average molecular weight is 267 g/mol. The maximum absolute atomic E-state index is 13.4. The molecule has 1 N–H and O–H groups in total. The highest BCUT2D eigenvalue weighted by Gasteiger charge is 2.34. The lowest BCUT2D eigenvalue weighted by atomic mass is 10.0. The highest BCUT2D eigenvalue weighted by atomic mass is 19.4. The van der Waals surface area contributed by atoms with Gasteiger partial charge in [0.1, 0.15) is 0 Å². The molecule has 0 aromatic heterocycles. The average Bonchev–Trinajstić information content (AvgIpc) is 2.18. The second-order valence-corrected chi connectivity index (χ2v) is 3.72. The Balaban J connectivity index is 3.09. The van der Waals surface area contributed by atoms with Gasteiger partial charge in [0.2, 0.25) is 5.91 Å². The lowest BCUT2D eigenvalue weighted by Gasteiger charge is -2.20. The fourth-order valence-corrected chi connectivity index (χ4v) is 1.51. The Labute approximate surface area is 99.8 Å². The number of halogens is 5. The van der Waals surface area contributed by atoms with Gasteiger partial charge in [-0.3, -0.25) is 4.79 Å². The number of hydrogen-bond acceptors (Lipinski definition) is 1. The molecular weight excluding hydrogens is 257 g/mol. The van der Waals surface area contributed by atoms with Gasteiger partial charge < -0.3 is 5.32 Å². The van der Waals surface area contributed by atoms with Gasteiger partial charge in [0.05, 0.1) is 12.5 Å². The van der Waals surface area contributed by atoms with Crippen molar-refractivity contribution in [2.24, 2.45) is 0 Å². The molecule has 0 aliphatic carbocycles. The third-order valence-corrected chi connectivity index (χ3v) is 2.17. The van der Waals surface area contributed by atoms with E-state index in [0.29, 0.717) is 0 Å². The minimum Gasteiger partial charge on any atom is -0.349 e. The Bertz CT molecular complexity index is 444. The van der Waals surface area contributed by atoms with Crippen molar-refractivity contribution < 1.29 is 26.7 Å². The Hall–Kier alpha value is -1.66. The molecule has 0 radical (unpaired) electrons. The molecule has 2 nitrogen and oxygen atoms in total. The van der Waals surface area contributed by atoms with Crippen LogP contribution in [-0.2, 0) is 4.79 Å². The van der Waals surface area contributed by atoms with Crippen molar-refractivity contribution in [1.82, 2.24) is 5.32 Å². The molecule has 0 spiro atoms. The van der Waals surface area contributed by atoms with Crippen LogP contribution in [0.5, 0.6) is 0 Å². The predicted octanol–water partition coefficient (Wildman–Crippen LogP) is 3.09. The van der Waals surface area contributed by atoms with Crippen molar-refractivity contribution in [2.75, 3.05) is 0 Å². The van der Waals surface area contributed by atoms with Crippen LogP contribution in [0.4, 0.5) is 22.0 Å². The highest BCUT2D eigenvalue weighted by Crippen LogP contribution is 2.31. The van der Waals surface area contributed by atoms with Gasteiger partial charge in [0.25, 0.3) is 0 Å². The first-order chi connectivity index (χ1) is 8.20. The summed E-state index contributed by atoms with van der Waals surface area (Å²) >= 11 is 0. The van der Waals surface area contributed by atoms with E-state index in [1.165, 1.54) is 0 Å². The predicted molar refractivity (Wildman–Crippen MR) is 53.6 cm³/mol. The number of carbonyl (C=O) groups excluding carboxylic acids is 1. The van der Waals surface area contributed by atoms with E-state index in [1.54, 1.807) is 0 Å². The summed E-state index contributed by atoms with van der Waals surface area (Å²) < 4.78 is 63.2. The Kier molecular flexibility index (Phi) is 4.26. The summed E-state index contributed by atoms with van der Waals surface area (Å²) in [4.78, 5) is 10.8. The molecule has 0 aliphatic heterocycles. The van der Waals surface area contributed by atoms with Crippen LogP contribution in [0.15, 0.2) is 18.2 Å². The number of rotatable bonds is 3. The fraction of sp³-hybridized carbons (Fsp3) is 0.364. The van der Waals surface area contributed by atoms with E-state index in [1.807, 2.05) is 5.32 Å². The third-order valence-electron chi connectivity index (χ3n) is 2.17. The van der Waals surface area contributed by atoms with Crippen LogP contribution >= 0.6 is 0 Å². The maximum atomic E-state index is 13.4. The first-order valence-corrected chi connectivity index (χ1v) is 4.98. The molecule has 1 aromatic carbocycles. The van der Waals surface area contributed by atoms with E-state index in [0.717, 1.165) is 25.1 Å². The van der Waals surface area contributed by atoms with Gasteiger partial charge in [-0.1, -0.05) is 12.1 Å². The normalized spacial score (nSPS) is 13.2. The van der Waals surface area contributed by atoms with Gasteiger partial charge in [-0.25, -0.2) is 8.78 Å². The zero-order valence-corrected chi connectivity index (χ0v) is 9.31. The number of carbonyl (C=O) groups is 1. The number of alkyl halides is 3. The van der Waals surface area contributed by atoms with Crippen LogP contribution in [0.1, 0.15) is 24.9 Å². The summed E-state index contributed by atoms with van der Waals surface area (Å²) in [7, 11) is 0. The van der Waals surface area contributed by atoms with Crippen LogP contribution in [-0.4, -0.2) is 12.1 Å². The minimum absolute atomic E-state index is 0.525. The summed E-state index contributed by atoms with van der Waals surface area (Å²) in [6.45, 7) is 1.00. The van der Waals surface area contributed by atoms with E-state index < -0.39 is 41.7 Å². The molecule has 0 fully saturated rings. The summed E-state index contributed by atoms with van der Waals surface area (Å²) in [6.07, 6.45) is -6.07. The Morgan fingerprint density at radius 1 is 1.33 bits per heavy atom. The quantitative estimate of drug-likeness (QED) is 0.838. The molecule has 18 heavy (non-hydrogen) atoms. The molecule has 1 aromatic rings. The smallest absolute Gasteiger partial charge is 0.349 e. The van der Waals surface area contributed by atoms with Crippen molar-refractivity contribution in [3.63, 3.8) is 0 Å². The van der Waals surface area contributed by atoms with E-state index in [4.69, 9.17) is 0 Å². The Morgan fingerprint density at radius 2 is 1.94 bits per heavy atom. The van der Waals surface area contributed by atoms with E-state index >= 15 is 0 Å². The lowest BCUT2D eigenvalue weighted by molar-refractivity contribution is -0.142. The first kappa shape index (κ1) is 14.4. The molecule has 1 unspecified atom stereocenters. The van der Waals surface area contributed by atoms with Gasteiger partial charge in [-0.15, -0.1) is 0 Å². The first-order valence-electron chi connectivity index (χ1n) is 4.98. The standard InChI is InChI=1S/C11H10F5NO/c1-6(18)17-9(5-11(14,15)16)7-3-2-4-8(12)10(7)13/h2-4,9H,5H2,1H3,(H,17,18). The number of hydrogen-bond donors (Lipinski definition) is 1. The second kappa shape index (κ2) is 5.32. The Morgan fingerprint density at radius 3 is 2.44 bits per heavy atom. The summed E-state index contributed by atoms with van der Waals surface area (Å²) in [5, 5.41) is 1.96. The summed E-state index contributed by atoms with van der Waals surface area (Å²) in [5.41, 5.74) is -0.525. The van der Waals surface area contributed by atoms with Gasteiger partial charge in [-0.2, -0.15) is 13.2 Å². The van der Waals surface area contributed by atoms with Crippen LogP contribution in [0.2, 0.25) is 0 Å². The van der Waals surface area contributed by atoms with Crippen molar-refractivity contribution >= 4 is 5.91 Å². The fourth-order valence-electron chi connectivity index (χ4n) is 1.51. The topological polar surface area (TPSA) is 29.1 Å². The van der Waals surface area contributed by atoms with Gasteiger partial charge in [0.15, 0.2) is 11.6 Å². The molecule has 1 rings (SSSR count). The van der Waals surface area contributed by atoms with Gasteiger partial charge in [-0.05, 0) is 6.07 Å². The van der Waals surface area contributed by atoms with E-state index in [9.17, 15) is 26.7 Å². The van der Waals surface area contributed by atoms with Gasteiger partial charge >= 0.3 is 6.18 Å². The maximum Gasteiger partial charge on any atom is 0.391 e. The number of amides is 1. The monoisotopic (exact) mass is 267 g/mol. The molecule has 0 aliphatic rings. The number of benzene rings is 1. The van der Waals surface area contributed by atoms with Crippen LogP contribution in [0.25, 0.3) is 0 Å². The molecule has 7 heteroatoms. The van der Waals surface area contributed by atoms with Crippen molar-refractivity contribution in [2.45, 2.75) is 25.6 Å². The van der Waals surface area contributed by atoms with Crippen molar-refractivity contribution in [3.8, 4) is 0 Å². The van der Waals surface area contributed by atoms with E-state index in [-0.39, 0.29) is 0 Å². The molecule has 0 bridgehead atoms. The van der Waals surface area contributed by atoms with Crippen LogP contribution in [0.3, 0.4) is 0 Å². The molecule has 1 atom stereocenters.